The van der Waals surface area contributed by atoms with Crippen molar-refractivity contribution in [2.45, 2.75) is 71.1 Å². The highest BCUT2D eigenvalue weighted by Gasteiger charge is 2.28. The van der Waals surface area contributed by atoms with E-state index in [1.54, 1.807) is 38.1 Å². The second-order valence-electron chi connectivity index (χ2n) is 9.87. The smallest absolute Gasteiger partial charge is 0.404 e. The van der Waals surface area contributed by atoms with Crippen LogP contribution in [0.4, 0.5) is 15.3 Å². The molecule has 42 heavy (non-hydrogen) atoms. The van der Waals surface area contributed by atoms with Crippen LogP contribution in [-0.4, -0.2) is 66.3 Å². The van der Waals surface area contributed by atoms with E-state index in [1.165, 1.54) is 0 Å². The van der Waals surface area contributed by atoms with Crippen molar-refractivity contribution in [3.8, 4) is 0 Å². The summed E-state index contributed by atoms with van der Waals surface area (Å²) in [6.45, 7) is 4.27. The Kier molecular flexibility index (Phi) is 17.3. The van der Waals surface area contributed by atoms with Crippen molar-refractivity contribution in [2.75, 3.05) is 23.7 Å². The maximum absolute atomic E-state index is 13.2. The first-order chi connectivity index (χ1) is 19.9. The lowest BCUT2D eigenvalue weighted by Crippen LogP contribution is -2.54. The fourth-order valence-corrected chi connectivity index (χ4v) is 3.96. The lowest BCUT2D eigenvalue weighted by molar-refractivity contribution is -0.132. The predicted octanol–water partition coefficient (Wildman–Crippen LogP) is 1.37. The maximum Gasteiger partial charge on any atom is 0.404 e. The topological polar surface area (TPSA) is 224 Å². The van der Waals surface area contributed by atoms with E-state index >= 15 is 0 Å². The number of nitrogens with one attached hydrogen (secondary N) is 5. The summed E-state index contributed by atoms with van der Waals surface area (Å²) in [5.74, 6) is -1.66. The third-order valence-corrected chi connectivity index (χ3v) is 6.50. The van der Waals surface area contributed by atoms with Crippen LogP contribution in [0.25, 0.3) is 0 Å². The van der Waals surface area contributed by atoms with Crippen molar-refractivity contribution in [3.63, 3.8) is 0 Å². The Hall–Kier alpha value is -3.88. The van der Waals surface area contributed by atoms with Gasteiger partial charge in [-0.1, -0.05) is 48.3 Å². The molecule has 1 rings (SSSR count). The Balaban J connectivity index is 2.77. The van der Waals surface area contributed by atoms with Crippen molar-refractivity contribution >= 4 is 57.4 Å². The lowest BCUT2D eigenvalue weighted by Gasteiger charge is -2.25. The van der Waals surface area contributed by atoms with Crippen LogP contribution in [-0.2, 0) is 30.5 Å². The first kappa shape index (κ1) is 36.1. The van der Waals surface area contributed by atoms with Gasteiger partial charge in [-0.3, -0.25) is 19.2 Å². The van der Waals surface area contributed by atoms with Gasteiger partial charge >= 0.3 is 12.1 Å². The number of ether oxygens (including phenoxy) is 1. The molecule has 0 heterocycles. The molecule has 15 heteroatoms. The van der Waals surface area contributed by atoms with Crippen LogP contribution in [0.2, 0.25) is 0 Å². The molecule has 0 saturated heterocycles. The van der Waals surface area contributed by atoms with Gasteiger partial charge in [0.05, 0.1) is 5.33 Å². The molecule has 234 valence electrons. The second kappa shape index (κ2) is 20.1. The summed E-state index contributed by atoms with van der Waals surface area (Å²) in [5, 5.41) is 13.7. The van der Waals surface area contributed by atoms with E-state index in [1.807, 2.05) is 0 Å². The molecule has 0 fully saturated rings. The van der Waals surface area contributed by atoms with Crippen LogP contribution < -0.4 is 38.1 Å². The summed E-state index contributed by atoms with van der Waals surface area (Å²) >= 11 is 3.08. The van der Waals surface area contributed by atoms with E-state index in [0.29, 0.717) is 30.6 Å². The largest absolute Gasteiger partial charge is 0.445 e. The number of alkyl halides is 1. The van der Waals surface area contributed by atoms with Crippen LogP contribution in [0.5, 0.6) is 0 Å². The number of unbranched alkanes of at least 4 members (excludes halogenated alkanes) is 2. The molecular weight excluding hydrogens is 614 g/mol. The first-order valence-corrected chi connectivity index (χ1v) is 14.8. The van der Waals surface area contributed by atoms with E-state index in [0.717, 1.165) is 12.8 Å². The normalized spacial score (nSPS) is 12.0. The van der Waals surface area contributed by atoms with Crippen LogP contribution in [0, 0.1) is 5.92 Å². The second-order valence-corrected chi connectivity index (χ2v) is 10.4. The number of hydrogen-bond acceptors (Lipinski definition) is 7. The summed E-state index contributed by atoms with van der Waals surface area (Å²) < 4.78 is 4.74. The molecule has 2 atom stereocenters. The van der Waals surface area contributed by atoms with Gasteiger partial charge in [0.25, 0.3) is 0 Å². The molecule has 0 bridgehead atoms. The van der Waals surface area contributed by atoms with Gasteiger partial charge in [-0.15, -0.1) is 0 Å². The first-order valence-electron chi connectivity index (χ1n) is 13.7. The lowest BCUT2D eigenvalue weighted by atomic mass is 10.0. The fraction of sp³-hybridized carbons (Fsp3) is 0.556. The number of rotatable bonds is 19. The van der Waals surface area contributed by atoms with Gasteiger partial charge in [0.2, 0.25) is 23.6 Å². The quantitative estimate of drug-likeness (QED) is 0.0855. The van der Waals surface area contributed by atoms with Crippen LogP contribution >= 0.6 is 15.9 Å². The molecule has 0 aliphatic carbocycles. The number of carbonyl (C=O) groups excluding carboxylic acids is 6. The highest BCUT2D eigenvalue weighted by Crippen LogP contribution is 2.13. The standard InChI is InChI=1S/C27H42BrN7O7/c1-17(2)23(35-21(36)8-4-3-5-13-31-22(37)15-28)25(39)34-20(7-6-14-32-26(29)40)24(38)33-19-11-9-18(10-12-19)16-42-27(30)41/h9-12,17,20,23H,3-8,13-16H2,1-2H3,(H2,30,41)(H,31,37)(H,33,38)(H,34,39)(H,35,36)(H3,29,32,40)/t20-,23-/m0/s1. The molecule has 0 aliphatic rings. The monoisotopic (exact) mass is 655 g/mol. The van der Waals surface area contributed by atoms with Gasteiger partial charge in [-0.25, -0.2) is 9.59 Å². The summed E-state index contributed by atoms with van der Waals surface area (Å²) in [5.41, 5.74) is 11.2. The Morgan fingerprint density at radius 1 is 0.833 bits per heavy atom. The number of nitrogens with two attached hydrogens (primary N) is 2. The van der Waals surface area contributed by atoms with Gasteiger partial charge in [0.15, 0.2) is 0 Å². The minimum Gasteiger partial charge on any atom is -0.445 e. The van der Waals surface area contributed by atoms with E-state index in [2.05, 4.69) is 42.5 Å². The molecule has 0 unspecified atom stereocenters. The number of carbonyl (C=O) groups is 6. The molecule has 0 saturated carbocycles. The van der Waals surface area contributed by atoms with E-state index < -0.39 is 36.0 Å². The zero-order valence-corrected chi connectivity index (χ0v) is 25.6. The summed E-state index contributed by atoms with van der Waals surface area (Å²) in [7, 11) is 0. The fourth-order valence-electron chi connectivity index (χ4n) is 3.76. The molecule has 0 radical (unpaired) electrons. The number of benzene rings is 1. The minimum absolute atomic E-state index is 0.0208. The summed E-state index contributed by atoms with van der Waals surface area (Å²) in [6, 6.07) is 3.96. The maximum atomic E-state index is 13.2. The Labute approximate surface area is 253 Å². The third kappa shape index (κ3) is 15.8. The summed E-state index contributed by atoms with van der Waals surface area (Å²) in [4.78, 5) is 72.0. The highest BCUT2D eigenvalue weighted by atomic mass is 79.9. The Bertz CT molecular complexity index is 1050. The molecular formula is C27H42BrN7O7. The van der Waals surface area contributed by atoms with E-state index in [9.17, 15) is 28.8 Å². The average Bonchev–Trinajstić information content (AvgIpc) is 2.94. The van der Waals surface area contributed by atoms with Gasteiger partial charge in [-0.2, -0.15) is 0 Å². The van der Waals surface area contributed by atoms with Gasteiger partial charge in [0, 0.05) is 25.2 Å². The highest BCUT2D eigenvalue weighted by molar-refractivity contribution is 9.09. The van der Waals surface area contributed by atoms with Crippen molar-refractivity contribution < 1.29 is 33.5 Å². The molecule has 0 spiro atoms. The number of hydrogen-bond donors (Lipinski definition) is 7. The average molecular weight is 657 g/mol. The predicted molar refractivity (Wildman–Crippen MR) is 160 cm³/mol. The molecule has 0 aromatic heterocycles. The Morgan fingerprint density at radius 3 is 2.10 bits per heavy atom. The molecule has 1 aromatic carbocycles. The zero-order chi connectivity index (χ0) is 31.5. The number of urea groups is 1. The zero-order valence-electron chi connectivity index (χ0n) is 24.0. The number of anilines is 1. The SMILES string of the molecule is CC(C)[C@H](NC(=O)CCCCCNC(=O)CBr)C(=O)N[C@@H](CCCNC(N)=O)C(=O)Nc1ccc(COC(N)=O)cc1. The minimum atomic E-state index is -0.974. The van der Waals surface area contributed by atoms with Crippen LogP contribution in [0.15, 0.2) is 24.3 Å². The van der Waals surface area contributed by atoms with Crippen molar-refractivity contribution in [3.05, 3.63) is 29.8 Å². The number of halogens is 1. The van der Waals surface area contributed by atoms with E-state index in [-0.39, 0.29) is 49.1 Å². The van der Waals surface area contributed by atoms with Crippen LogP contribution in [0.1, 0.15) is 57.9 Å². The molecule has 7 amide bonds. The molecule has 14 nitrogen and oxygen atoms in total. The molecule has 0 aliphatic heterocycles. The number of primary amides is 2. The van der Waals surface area contributed by atoms with Gasteiger partial charge in [0.1, 0.15) is 18.7 Å². The third-order valence-electron chi connectivity index (χ3n) is 5.99. The van der Waals surface area contributed by atoms with Gasteiger partial charge in [-0.05, 0) is 49.3 Å². The van der Waals surface area contributed by atoms with E-state index in [4.69, 9.17) is 16.2 Å². The van der Waals surface area contributed by atoms with Crippen LogP contribution in [0.3, 0.4) is 0 Å². The Morgan fingerprint density at radius 2 is 1.50 bits per heavy atom. The summed E-state index contributed by atoms with van der Waals surface area (Å²) in [6.07, 6.45) is 1.90. The number of amides is 7. The molecule has 1 aromatic rings. The van der Waals surface area contributed by atoms with Gasteiger partial charge < -0.3 is 42.8 Å². The van der Waals surface area contributed by atoms with Crippen molar-refractivity contribution in [1.29, 1.82) is 0 Å². The van der Waals surface area contributed by atoms with Crippen molar-refractivity contribution in [1.82, 2.24) is 21.3 Å². The molecule has 9 N–H and O–H groups in total. The van der Waals surface area contributed by atoms with Crippen molar-refractivity contribution in [2.24, 2.45) is 17.4 Å².